The summed E-state index contributed by atoms with van der Waals surface area (Å²) in [5, 5.41) is 22.4. The monoisotopic (exact) mass is 1300 g/mol. The van der Waals surface area contributed by atoms with E-state index in [2.05, 4.69) is 30.2 Å². The van der Waals surface area contributed by atoms with Gasteiger partial charge in [-0.05, 0) is 122 Å². The van der Waals surface area contributed by atoms with Gasteiger partial charge in [-0.2, -0.15) is 27.0 Å². The maximum atomic E-state index is 13.8. The number of aliphatic hydroxyl groups is 1. The number of aromatic nitrogens is 2. The van der Waals surface area contributed by atoms with Crippen LogP contribution in [0.2, 0.25) is 10.0 Å². The number of ether oxygens (including phenoxy) is 1. The summed E-state index contributed by atoms with van der Waals surface area (Å²) in [6.45, 7) is 2.63. The highest BCUT2D eigenvalue weighted by molar-refractivity contribution is 7.59. The van der Waals surface area contributed by atoms with Gasteiger partial charge < -0.3 is 38.5 Å². The number of aliphatic hydroxyl groups excluding tert-OH is 1. The molecule has 2 aromatic heterocycles. The number of piperidine rings is 2. The standard InChI is InChI=1S/C30H33ClF2N4O5.C20H28ClFN2O3.C10H5FN4O2.2H2S/c1-36(27(38)13-11-20-7-6-10-24(33)29(20)31)23(12-14-28(39)37-15-3-2-4-16-37)19-41-30(40)34-26-18-25(35-42-26)21-8-5-9-22(32)17-21;1-23(18(26)10-8-15-6-5-7-17(22)20(15)21)16(14-25)9-11-19(27)24-12-3-2-4-13-24;11-7-3-1-2-6(4-7)8-5-9(17-14-8)10(16)13-15-12;;/h5-10,17-18,23H,2-4,11-16,19H2,1H3,(H,34,40);5-7,16,25H,2-4,8-14H2,1H3;1-5H;2*1H2/t23-;16-;;;/m00.../s1. The lowest BCUT2D eigenvalue weighted by molar-refractivity contribution is -0.136. The summed E-state index contributed by atoms with van der Waals surface area (Å²) in [7, 11) is 3.20. The highest BCUT2D eigenvalue weighted by atomic mass is 35.5. The number of hydrogen-bond donors (Lipinski definition) is 2. The van der Waals surface area contributed by atoms with Crippen molar-refractivity contribution in [3.05, 3.63) is 158 Å². The summed E-state index contributed by atoms with van der Waals surface area (Å²) in [5.41, 5.74) is 10.7. The van der Waals surface area contributed by atoms with Gasteiger partial charge in [0.25, 0.3) is 5.91 Å². The quantitative estimate of drug-likeness (QED) is 0.0295. The molecular weight excluding hydrogens is 1230 g/mol. The molecule has 0 unspecified atom stereocenters. The van der Waals surface area contributed by atoms with E-state index >= 15 is 0 Å². The molecule has 6 amide bonds. The average molecular weight is 1300 g/mol. The second-order valence-electron chi connectivity index (χ2n) is 20.3. The first-order chi connectivity index (χ1) is 41.3. The largest absolute Gasteiger partial charge is 0.447 e. The highest BCUT2D eigenvalue weighted by Crippen LogP contribution is 2.26. The van der Waals surface area contributed by atoms with E-state index in [0.717, 1.165) is 51.6 Å². The zero-order valence-corrected chi connectivity index (χ0v) is 52.0. The Morgan fingerprint density at radius 3 is 1.59 bits per heavy atom. The number of benzene rings is 4. The zero-order chi connectivity index (χ0) is 62.1. The normalized spacial score (nSPS) is 13.2. The molecule has 0 bridgehead atoms. The Hall–Kier alpha value is -7.61. The predicted octanol–water partition coefficient (Wildman–Crippen LogP) is 12.3. The Balaban J connectivity index is 0.000000308. The second-order valence-corrected chi connectivity index (χ2v) is 21.0. The van der Waals surface area contributed by atoms with Crippen LogP contribution in [0.15, 0.2) is 111 Å². The number of amides is 6. The van der Waals surface area contributed by atoms with Crippen LogP contribution in [0.5, 0.6) is 0 Å². The van der Waals surface area contributed by atoms with Gasteiger partial charge in [0.05, 0.1) is 28.7 Å². The van der Waals surface area contributed by atoms with Crippen LogP contribution < -0.4 is 5.32 Å². The summed E-state index contributed by atoms with van der Waals surface area (Å²) in [6.07, 6.45) is 7.36. The Morgan fingerprint density at radius 2 is 1.11 bits per heavy atom. The molecular formula is C60H70Cl2F4N10O10S2. The molecule has 2 atom stereocenters. The smallest absolute Gasteiger partial charge is 0.414 e. The Kier molecular flexibility index (Phi) is 30.9. The molecule has 4 aromatic carbocycles. The molecule has 2 saturated heterocycles. The Morgan fingerprint density at radius 1 is 0.659 bits per heavy atom. The number of anilines is 1. The first-order valence-corrected chi connectivity index (χ1v) is 28.6. The van der Waals surface area contributed by atoms with Gasteiger partial charge in [-0.3, -0.25) is 29.3 Å². The maximum Gasteiger partial charge on any atom is 0.414 e. The number of hydrogen-bond acceptors (Lipinski definition) is 12. The average Bonchev–Trinajstić information content (AvgIpc) is 3.71. The van der Waals surface area contributed by atoms with Crippen molar-refractivity contribution < 1.29 is 65.2 Å². The Bertz CT molecular complexity index is 3330. The van der Waals surface area contributed by atoms with Crippen molar-refractivity contribution in [1.29, 1.82) is 0 Å². The summed E-state index contributed by atoms with van der Waals surface area (Å²) in [5.74, 6) is -3.36. The molecule has 474 valence electrons. The third-order valence-electron chi connectivity index (χ3n) is 14.4. The van der Waals surface area contributed by atoms with Crippen LogP contribution in [-0.4, -0.2) is 136 Å². The number of carbonyl (C=O) groups is 6. The fourth-order valence-corrected chi connectivity index (χ4v) is 9.82. The lowest BCUT2D eigenvalue weighted by Crippen LogP contribution is -2.42. The highest BCUT2D eigenvalue weighted by Gasteiger charge is 2.27. The van der Waals surface area contributed by atoms with Crippen LogP contribution in [0.1, 0.15) is 98.7 Å². The van der Waals surface area contributed by atoms with Crippen LogP contribution in [-0.2, 0) is 36.8 Å². The number of nitrogens with zero attached hydrogens (tertiary/aromatic N) is 9. The van der Waals surface area contributed by atoms with E-state index in [0.29, 0.717) is 66.0 Å². The molecule has 2 aliphatic rings. The van der Waals surface area contributed by atoms with Crippen LogP contribution in [0.25, 0.3) is 33.0 Å². The molecule has 88 heavy (non-hydrogen) atoms. The number of likely N-dealkylation sites (N-methyl/N-ethyl adjacent to an activating group) is 2. The predicted molar refractivity (Wildman–Crippen MR) is 332 cm³/mol. The molecule has 0 radical (unpaired) electrons. The lowest BCUT2D eigenvalue weighted by Gasteiger charge is -2.30. The molecule has 8 rings (SSSR count). The van der Waals surface area contributed by atoms with Gasteiger partial charge in [0.1, 0.15) is 41.3 Å². The summed E-state index contributed by atoms with van der Waals surface area (Å²) < 4.78 is 69.0. The number of rotatable bonds is 21. The summed E-state index contributed by atoms with van der Waals surface area (Å²) >= 11 is 12.0. The van der Waals surface area contributed by atoms with Gasteiger partial charge in [0, 0.05) is 94.1 Å². The van der Waals surface area contributed by atoms with Crippen LogP contribution in [0.4, 0.5) is 28.2 Å². The minimum Gasteiger partial charge on any atom is -0.447 e. The SMILES string of the molecule is CN(C(=O)CCc1cccc(F)c1Cl)[C@@H](CCC(=O)N1CCCCC1)COC(=O)Nc1cc(-c2cccc(F)c2)no1.CN(C(=O)CCc1cccc(F)c1Cl)[C@H](CO)CCC(=O)N1CCCCC1.S.S.[N-]=[N+]=NC(=O)c1cc(-c2cccc(F)c2)no1. The second kappa shape index (κ2) is 37.3. The molecule has 4 heterocycles. The third kappa shape index (κ3) is 22.5. The van der Waals surface area contributed by atoms with Crippen molar-refractivity contribution >= 4 is 91.7 Å². The number of nitrogens with one attached hydrogen (secondary N) is 1. The van der Waals surface area contributed by atoms with Crippen LogP contribution >= 0.6 is 50.2 Å². The maximum absolute atomic E-state index is 13.8. The minimum absolute atomic E-state index is 0. The van der Waals surface area contributed by atoms with E-state index in [4.69, 9.17) is 38.0 Å². The molecule has 0 spiro atoms. The Labute approximate surface area is 530 Å². The molecule has 28 heteroatoms. The van der Waals surface area contributed by atoms with E-state index < -0.39 is 47.4 Å². The number of likely N-dealkylation sites (tertiary alicyclic amines) is 2. The molecule has 6 aromatic rings. The minimum atomic E-state index is -0.873. The summed E-state index contributed by atoms with van der Waals surface area (Å²) in [6, 6.07) is 22.1. The zero-order valence-electron chi connectivity index (χ0n) is 48.4. The molecule has 20 nitrogen and oxygen atoms in total. The van der Waals surface area contributed by atoms with Crippen molar-refractivity contribution in [2.24, 2.45) is 5.11 Å². The van der Waals surface area contributed by atoms with Gasteiger partial charge in [-0.25, -0.2) is 22.4 Å². The van der Waals surface area contributed by atoms with Crippen LogP contribution in [0, 0.1) is 23.3 Å². The topological polar surface area (TPSA) is 258 Å². The van der Waals surface area contributed by atoms with E-state index in [-0.39, 0.29) is 118 Å². The molecule has 0 aliphatic carbocycles. The van der Waals surface area contributed by atoms with Crippen molar-refractivity contribution in [2.75, 3.05) is 58.8 Å². The van der Waals surface area contributed by atoms with Crippen molar-refractivity contribution in [2.45, 2.75) is 102 Å². The van der Waals surface area contributed by atoms with Gasteiger partial charge in [0.15, 0.2) is 0 Å². The van der Waals surface area contributed by atoms with Gasteiger partial charge >= 0.3 is 6.09 Å². The molecule has 0 saturated carbocycles. The molecule has 2 N–H and O–H groups in total. The van der Waals surface area contributed by atoms with E-state index in [9.17, 15) is 51.4 Å². The molecule has 2 fully saturated rings. The first kappa shape index (κ1) is 72.9. The fraction of sp³-hybridized carbons (Fsp3) is 0.400. The fourth-order valence-electron chi connectivity index (χ4n) is 9.38. The van der Waals surface area contributed by atoms with Gasteiger partial charge in [0.2, 0.25) is 35.3 Å². The van der Waals surface area contributed by atoms with Crippen molar-refractivity contribution in [3.63, 3.8) is 0 Å². The third-order valence-corrected chi connectivity index (χ3v) is 15.3. The first-order valence-electron chi connectivity index (χ1n) is 27.9. The number of azide groups is 1. The van der Waals surface area contributed by atoms with Crippen molar-refractivity contribution in [1.82, 2.24) is 29.9 Å². The summed E-state index contributed by atoms with van der Waals surface area (Å²) in [4.78, 5) is 83.3. The van der Waals surface area contributed by atoms with Gasteiger partial charge in [-0.15, -0.1) is 0 Å². The van der Waals surface area contributed by atoms with E-state index in [1.165, 1.54) is 76.5 Å². The number of aryl methyl sites for hydroxylation is 2. The van der Waals surface area contributed by atoms with Crippen molar-refractivity contribution in [3.8, 4) is 22.5 Å². The number of halogens is 6. The van der Waals surface area contributed by atoms with Crippen LogP contribution in [0.3, 0.4) is 0 Å². The lowest BCUT2D eigenvalue weighted by atomic mass is 10.1. The van der Waals surface area contributed by atoms with Gasteiger partial charge in [-0.1, -0.05) is 82.0 Å². The molecule has 2 aliphatic heterocycles. The van der Waals surface area contributed by atoms with E-state index in [1.54, 1.807) is 44.4 Å². The number of carbonyl (C=O) groups excluding carboxylic acids is 6. The van der Waals surface area contributed by atoms with E-state index in [1.807, 2.05) is 9.80 Å².